The number of hydrogen-bond acceptors (Lipinski definition) is 6. The predicted molar refractivity (Wildman–Crippen MR) is 89.3 cm³/mol. The van der Waals surface area contributed by atoms with Crippen LogP contribution in [0.2, 0.25) is 0 Å². The molecule has 0 aliphatic heterocycles. The van der Waals surface area contributed by atoms with Gasteiger partial charge in [0.1, 0.15) is 17.3 Å². The summed E-state index contributed by atoms with van der Waals surface area (Å²) < 4.78 is 10.3. The van der Waals surface area contributed by atoms with Crippen LogP contribution >= 0.6 is 11.8 Å². The summed E-state index contributed by atoms with van der Waals surface area (Å²) in [7, 11) is 3.13. The highest BCUT2D eigenvalue weighted by Crippen LogP contribution is 2.26. The van der Waals surface area contributed by atoms with Crippen molar-refractivity contribution in [3.63, 3.8) is 0 Å². The maximum absolute atomic E-state index is 12.0. The number of H-pyrrole nitrogens is 1. The standard InChI is InChI=1S/C15H20N4O3S/c1-4-5-13-17-15(19-18-13)23-9-14(20)16-10-6-11(21-2)8-12(7-10)22-3/h6-8H,4-5,9H2,1-3H3,(H,16,20)(H,17,18,19). The van der Waals surface area contributed by atoms with Crippen molar-refractivity contribution in [1.82, 2.24) is 15.2 Å². The number of rotatable bonds is 8. The molecule has 0 aliphatic rings. The first-order valence-corrected chi connectivity index (χ1v) is 8.20. The number of methoxy groups -OCH3 is 2. The summed E-state index contributed by atoms with van der Waals surface area (Å²) >= 11 is 1.29. The molecule has 0 fully saturated rings. The fourth-order valence-corrected chi connectivity index (χ4v) is 2.52. The van der Waals surface area contributed by atoms with Crippen LogP contribution in [0.5, 0.6) is 11.5 Å². The number of thioether (sulfide) groups is 1. The number of anilines is 1. The van der Waals surface area contributed by atoms with Gasteiger partial charge >= 0.3 is 0 Å². The number of nitrogens with one attached hydrogen (secondary N) is 2. The smallest absolute Gasteiger partial charge is 0.234 e. The molecule has 2 aromatic rings. The molecular weight excluding hydrogens is 316 g/mol. The van der Waals surface area contributed by atoms with Crippen molar-refractivity contribution < 1.29 is 14.3 Å². The second kappa shape index (κ2) is 8.42. The molecule has 0 saturated carbocycles. The van der Waals surface area contributed by atoms with Crippen molar-refractivity contribution in [3.8, 4) is 11.5 Å². The fraction of sp³-hybridized carbons (Fsp3) is 0.400. The Morgan fingerprint density at radius 1 is 1.26 bits per heavy atom. The van der Waals surface area contributed by atoms with E-state index in [1.165, 1.54) is 11.8 Å². The largest absolute Gasteiger partial charge is 0.497 e. The summed E-state index contributed by atoms with van der Waals surface area (Å²) in [6, 6.07) is 5.21. The molecule has 2 rings (SSSR count). The Morgan fingerprint density at radius 3 is 2.57 bits per heavy atom. The summed E-state index contributed by atoms with van der Waals surface area (Å²) in [5, 5.41) is 10.3. The summed E-state index contributed by atoms with van der Waals surface area (Å²) in [4.78, 5) is 16.3. The van der Waals surface area contributed by atoms with E-state index in [0.29, 0.717) is 22.3 Å². The Balaban J connectivity index is 1.91. The Kier molecular flexibility index (Phi) is 6.28. The maximum Gasteiger partial charge on any atom is 0.234 e. The number of amides is 1. The van der Waals surface area contributed by atoms with Gasteiger partial charge in [-0.05, 0) is 6.42 Å². The third-order valence-electron chi connectivity index (χ3n) is 2.97. The average molecular weight is 336 g/mol. The molecule has 1 heterocycles. The first kappa shape index (κ1) is 17.1. The average Bonchev–Trinajstić information content (AvgIpc) is 3.00. The molecule has 0 radical (unpaired) electrons. The number of carbonyl (C=O) groups excluding carboxylic acids is 1. The molecule has 0 saturated heterocycles. The molecule has 1 aromatic heterocycles. The van der Waals surface area contributed by atoms with Crippen LogP contribution in [0.4, 0.5) is 5.69 Å². The van der Waals surface area contributed by atoms with E-state index >= 15 is 0 Å². The van der Waals surface area contributed by atoms with Gasteiger partial charge in [-0.3, -0.25) is 9.89 Å². The molecule has 1 amide bonds. The van der Waals surface area contributed by atoms with Crippen LogP contribution in [0, 0.1) is 0 Å². The van der Waals surface area contributed by atoms with E-state index in [-0.39, 0.29) is 11.7 Å². The van der Waals surface area contributed by atoms with Gasteiger partial charge in [0.25, 0.3) is 0 Å². The zero-order chi connectivity index (χ0) is 16.7. The van der Waals surface area contributed by atoms with Crippen molar-refractivity contribution >= 4 is 23.4 Å². The molecule has 0 spiro atoms. The van der Waals surface area contributed by atoms with E-state index in [1.54, 1.807) is 32.4 Å². The van der Waals surface area contributed by atoms with E-state index in [4.69, 9.17) is 9.47 Å². The molecule has 7 nitrogen and oxygen atoms in total. The molecule has 0 bridgehead atoms. The van der Waals surface area contributed by atoms with Crippen LogP contribution in [-0.2, 0) is 11.2 Å². The third kappa shape index (κ3) is 5.17. The zero-order valence-corrected chi connectivity index (χ0v) is 14.2. The predicted octanol–water partition coefficient (Wildman–Crippen LogP) is 2.51. The molecule has 0 aliphatic carbocycles. The van der Waals surface area contributed by atoms with Crippen molar-refractivity contribution in [2.75, 3.05) is 25.3 Å². The first-order valence-electron chi connectivity index (χ1n) is 7.21. The van der Waals surface area contributed by atoms with Crippen LogP contribution in [0.1, 0.15) is 19.2 Å². The molecule has 23 heavy (non-hydrogen) atoms. The number of nitrogens with zero attached hydrogens (tertiary/aromatic N) is 2. The molecule has 124 valence electrons. The lowest BCUT2D eigenvalue weighted by molar-refractivity contribution is -0.113. The van der Waals surface area contributed by atoms with Crippen molar-refractivity contribution in [2.45, 2.75) is 24.9 Å². The summed E-state index contributed by atoms with van der Waals surface area (Å²) in [6.07, 6.45) is 1.85. The van der Waals surface area contributed by atoms with Crippen LogP contribution in [0.15, 0.2) is 23.4 Å². The first-order chi connectivity index (χ1) is 11.1. The third-order valence-corrected chi connectivity index (χ3v) is 3.81. The second-order valence-electron chi connectivity index (χ2n) is 4.75. The van der Waals surface area contributed by atoms with Crippen molar-refractivity contribution in [3.05, 3.63) is 24.0 Å². The number of aryl methyl sites for hydroxylation is 1. The Hall–Kier alpha value is -2.22. The van der Waals surface area contributed by atoms with E-state index in [1.807, 2.05) is 0 Å². The number of aromatic amines is 1. The molecule has 1 aromatic carbocycles. The van der Waals surface area contributed by atoms with Gasteiger partial charge in [0, 0.05) is 30.3 Å². The minimum atomic E-state index is -0.146. The normalized spacial score (nSPS) is 10.4. The van der Waals surface area contributed by atoms with Crippen LogP contribution < -0.4 is 14.8 Å². The van der Waals surface area contributed by atoms with Gasteiger partial charge in [-0.15, -0.1) is 5.10 Å². The summed E-state index contributed by atoms with van der Waals surface area (Å²) in [5.74, 6) is 2.15. The van der Waals surface area contributed by atoms with Crippen molar-refractivity contribution in [2.24, 2.45) is 0 Å². The number of carbonyl (C=O) groups is 1. The van der Waals surface area contributed by atoms with Crippen LogP contribution in [-0.4, -0.2) is 41.1 Å². The fourth-order valence-electron chi connectivity index (χ4n) is 1.90. The van der Waals surface area contributed by atoms with Gasteiger partial charge in [0.15, 0.2) is 0 Å². The summed E-state index contributed by atoms with van der Waals surface area (Å²) in [6.45, 7) is 2.07. The number of hydrogen-bond donors (Lipinski definition) is 2. The Bertz CT molecular complexity index is 638. The highest BCUT2D eigenvalue weighted by atomic mass is 32.2. The van der Waals surface area contributed by atoms with Gasteiger partial charge in [-0.25, -0.2) is 4.98 Å². The lowest BCUT2D eigenvalue weighted by Crippen LogP contribution is -2.14. The van der Waals surface area contributed by atoms with Gasteiger partial charge in [-0.1, -0.05) is 18.7 Å². The second-order valence-corrected chi connectivity index (χ2v) is 5.70. The minimum absolute atomic E-state index is 0.146. The Morgan fingerprint density at radius 2 is 1.96 bits per heavy atom. The summed E-state index contributed by atoms with van der Waals surface area (Å²) in [5.41, 5.74) is 0.619. The van der Waals surface area contributed by atoms with Gasteiger partial charge in [-0.2, -0.15) is 0 Å². The van der Waals surface area contributed by atoms with E-state index in [0.717, 1.165) is 18.7 Å². The highest BCUT2D eigenvalue weighted by Gasteiger charge is 2.09. The number of ether oxygens (including phenoxy) is 2. The van der Waals surface area contributed by atoms with Crippen LogP contribution in [0.25, 0.3) is 0 Å². The quantitative estimate of drug-likeness (QED) is 0.720. The maximum atomic E-state index is 12.0. The monoisotopic (exact) mass is 336 g/mol. The molecule has 8 heteroatoms. The zero-order valence-electron chi connectivity index (χ0n) is 13.4. The SMILES string of the molecule is CCCc1nc(SCC(=O)Nc2cc(OC)cc(OC)c2)n[nH]1. The topological polar surface area (TPSA) is 89.1 Å². The van der Waals surface area contributed by atoms with Gasteiger partial charge in [0.2, 0.25) is 11.1 Å². The van der Waals surface area contributed by atoms with Crippen LogP contribution in [0.3, 0.4) is 0 Å². The van der Waals surface area contributed by atoms with Gasteiger partial charge < -0.3 is 14.8 Å². The van der Waals surface area contributed by atoms with E-state index < -0.39 is 0 Å². The molecule has 0 atom stereocenters. The number of benzene rings is 1. The molecule has 0 unspecified atom stereocenters. The lowest BCUT2D eigenvalue weighted by Gasteiger charge is -2.09. The highest BCUT2D eigenvalue weighted by molar-refractivity contribution is 7.99. The molecule has 2 N–H and O–H groups in total. The van der Waals surface area contributed by atoms with Gasteiger partial charge in [0.05, 0.1) is 20.0 Å². The Labute approximate surface area is 139 Å². The van der Waals surface area contributed by atoms with E-state index in [2.05, 4.69) is 27.4 Å². The number of aromatic nitrogens is 3. The minimum Gasteiger partial charge on any atom is -0.497 e. The lowest BCUT2D eigenvalue weighted by atomic mass is 10.2. The van der Waals surface area contributed by atoms with E-state index in [9.17, 15) is 4.79 Å². The van der Waals surface area contributed by atoms with Crippen molar-refractivity contribution in [1.29, 1.82) is 0 Å². The molecular formula is C15H20N4O3S.